The standard InChI is InChI=1S/C24H27F3N2O5/c1-16(24(25,26)27)34-23(31)29-8-6-17(7-9-29)14-33-22-15-32-20(10-21(22)30)13-28-11-18-4-2-3-5-19(18)12-28/h2-5,10,15-17H,6-9,11-14H2,1H3. The van der Waals surface area contributed by atoms with Crippen molar-refractivity contribution >= 4 is 6.09 Å². The molecule has 34 heavy (non-hydrogen) atoms. The van der Waals surface area contributed by atoms with Gasteiger partial charge in [0.15, 0.2) is 6.10 Å². The van der Waals surface area contributed by atoms with Crippen LogP contribution in [0.1, 0.15) is 36.7 Å². The molecule has 10 heteroatoms. The number of hydrogen-bond acceptors (Lipinski definition) is 6. The number of alkyl halides is 3. The minimum Gasteiger partial charge on any atom is -0.486 e. The Labute approximate surface area is 195 Å². The van der Waals surface area contributed by atoms with Crippen LogP contribution in [0.3, 0.4) is 0 Å². The van der Waals surface area contributed by atoms with E-state index in [2.05, 4.69) is 21.8 Å². The summed E-state index contributed by atoms with van der Waals surface area (Å²) < 4.78 is 53.5. The Balaban J connectivity index is 1.22. The normalized spacial score (nSPS) is 17.9. The highest BCUT2D eigenvalue weighted by Gasteiger charge is 2.40. The summed E-state index contributed by atoms with van der Waals surface area (Å²) in [5, 5.41) is 0. The number of amides is 1. The van der Waals surface area contributed by atoms with E-state index < -0.39 is 18.4 Å². The van der Waals surface area contributed by atoms with Crippen molar-refractivity contribution in [3.05, 3.63) is 63.7 Å². The van der Waals surface area contributed by atoms with Crippen molar-refractivity contribution in [3.63, 3.8) is 0 Å². The van der Waals surface area contributed by atoms with Crippen molar-refractivity contribution in [2.45, 2.75) is 51.7 Å². The maximum atomic E-state index is 12.6. The van der Waals surface area contributed by atoms with Gasteiger partial charge in [0.25, 0.3) is 0 Å². The zero-order valence-corrected chi connectivity index (χ0v) is 18.8. The van der Waals surface area contributed by atoms with Gasteiger partial charge < -0.3 is 18.8 Å². The Morgan fingerprint density at radius 2 is 1.82 bits per heavy atom. The van der Waals surface area contributed by atoms with E-state index in [1.807, 2.05) is 12.1 Å². The molecule has 2 aromatic rings. The van der Waals surface area contributed by atoms with E-state index in [4.69, 9.17) is 9.15 Å². The fourth-order valence-corrected chi connectivity index (χ4v) is 4.15. The van der Waals surface area contributed by atoms with Crippen molar-refractivity contribution in [2.75, 3.05) is 19.7 Å². The summed E-state index contributed by atoms with van der Waals surface area (Å²) in [6, 6.07) is 9.66. The molecule has 0 radical (unpaired) electrons. The third kappa shape index (κ3) is 5.91. The van der Waals surface area contributed by atoms with Crippen LogP contribution < -0.4 is 10.2 Å². The molecule has 1 atom stereocenters. The molecule has 0 aliphatic carbocycles. The molecule has 4 rings (SSSR count). The van der Waals surface area contributed by atoms with E-state index in [0.717, 1.165) is 20.0 Å². The predicted molar refractivity (Wildman–Crippen MR) is 116 cm³/mol. The van der Waals surface area contributed by atoms with E-state index in [0.29, 0.717) is 25.1 Å². The molecule has 0 saturated carbocycles. The Morgan fingerprint density at radius 3 is 2.41 bits per heavy atom. The summed E-state index contributed by atoms with van der Waals surface area (Å²) in [5.74, 6) is 0.741. The SMILES string of the molecule is CC(OC(=O)N1CCC(COc2coc(CN3Cc4ccccc4C3)cc2=O)CC1)C(F)(F)F. The van der Waals surface area contributed by atoms with Crippen LogP contribution >= 0.6 is 0 Å². The number of likely N-dealkylation sites (tertiary alicyclic amines) is 1. The van der Waals surface area contributed by atoms with Crippen LogP contribution in [0.5, 0.6) is 5.75 Å². The van der Waals surface area contributed by atoms with Crippen LogP contribution in [0.4, 0.5) is 18.0 Å². The van der Waals surface area contributed by atoms with Gasteiger partial charge in [0.05, 0.1) is 13.2 Å². The number of halogens is 3. The van der Waals surface area contributed by atoms with Gasteiger partial charge in [-0.1, -0.05) is 24.3 Å². The van der Waals surface area contributed by atoms with Crippen molar-refractivity contribution in [2.24, 2.45) is 5.92 Å². The van der Waals surface area contributed by atoms with E-state index in [9.17, 15) is 22.8 Å². The number of benzene rings is 1. The molecule has 0 N–H and O–H groups in total. The molecule has 1 aromatic heterocycles. The number of fused-ring (bicyclic) bond motifs is 1. The molecule has 2 aliphatic heterocycles. The second-order valence-corrected chi connectivity index (χ2v) is 8.80. The first kappa shape index (κ1) is 24.1. The molecule has 184 valence electrons. The maximum Gasteiger partial charge on any atom is 0.425 e. The largest absolute Gasteiger partial charge is 0.486 e. The second-order valence-electron chi connectivity index (χ2n) is 8.80. The molecule has 0 spiro atoms. The van der Waals surface area contributed by atoms with Gasteiger partial charge in [-0.25, -0.2) is 4.79 Å². The molecule has 2 aliphatic rings. The predicted octanol–water partition coefficient (Wildman–Crippen LogP) is 4.33. The van der Waals surface area contributed by atoms with Crippen LogP contribution in [0.25, 0.3) is 0 Å². The van der Waals surface area contributed by atoms with Gasteiger partial charge in [-0.05, 0) is 36.8 Å². The number of carbonyl (C=O) groups excluding carboxylic acids is 1. The van der Waals surface area contributed by atoms with Gasteiger partial charge in [-0.15, -0.1) is 0 Å². The topological polar surface area (TPSA) is 72.2 Å². The third-order valence-corrected chi connectivity index (χ3v) is 6.22. The average molecular weight is 480 g/mol. The minimum absolute atomic E-state index is 0.0614. The summed E-state index contributed by atoms with van der Waals surface area (Å²) in [7, 11) is 0. The third-order valence-electron chi connectivity index (χ3n) is 6.22. The van der Waals surface area contributed by atoms with Crippen molar-refractivity contribution in [3.8, 4) is 5.75 Å². The quantitative estimate of drug-likeness (QED) is 0.613. The number of nitrogens with zero attached hydrogens (tertiary/aromatic N) is 2. The van der Waals surface area contributed by atoms with Crippen molar-refractivity contribution in [1.82, 2.24) is 9.80 Å². The fraction of sp³-hybridized carbons (Fsp3) is 0.500. The maximum absolute atomic E-state index is 12.6. The lowest BCUT2D eigenvalue weighted by atomic mass is 9.98. The molecular weight excluding hydrogens is 453 g/mol. The molecule has 7 nitrogen and oxygen atoms in total. The van der Waals surface area contributed by atoms with E-state index in [1.165, 1.54) is 28.4 Å². The van der Waals surface area contributed by atoms with Gasteiger partial charge in [0.1, 0.15) is 12.0 Å². The van der Waals surface area contributed by atoms with Gasteiger partial charge >= 0.3 is 12.3 Å². The van der Waals surface area contributed by atoms with Gasteiger partial charge in [0, 0.05) is 32.2 Å². The molecule has 1 saturated heterocycles. The number of hydrogen-bond donors (Lipinski definition) is 0. The van der Waals surface area contributed by atoms with Crippen LogP contribution in [-0.4, -0.2) is 47.9 Å². The van der Waals surface area contributed by atoms with Crippen LogP contribution in [0.15, 0.2) is 45.8 Å². The summed E-state index contributed by atoms with van der Waals surface area (Å²) in [4.78, 5) is 27.8. The molecular formula is C24H27F3N2O5. The van der Waals surface area contributed by atoms with E-state index in [1.54, 1.807) is 0 Å². The molecule has 1 fully saturated rings. The lowest BCUT2D eigenvalue weighted by Gasteiger charge is -2.32. The smallest absolute Gasteiger partial charge is 0.425 e. The van der Waals surface area contributed by atoms with Gasteiger partial charge in [-0.2, -0.15) is 13.2 Å². The Morgan fingerprint density at radius 1 is 1.18 bits per heavy atom. The highest BCUT2D eigenvalue weighted by molar-refractivity contribution is 5.68. The Kier molecular flexibility index (Phi) is 7.16. The number of carbonyl (C=O) groups is 1. The first-order valence-corrected chi connectivity index (χ1v) is 11.2. The first-order chi connectivity index (χ1) is 16.2. The molecule has 1 unspecified atom stereocenters. The Bertz CT molecular complexity index is 1040. The van der Waals surface area contributed by atoms with E-state index in [-0.39, 0.29) is 36.8 Å². The van der Waals surface area contributed by atoms with Gasteiger partial charge in [-0.3, -0.25) is 9.69 Å². The summed E-state index contributed by atoms with van der Waals surface area (Å²) in [6.45, 7) is 3.73. The zero-order chi connectivity index (χ0) is 24.3. The van der Waals surface area contributed by atoms with Crippen LogP contribution in [-0.2, 0) is 24.4 Å². The van der Waals surface area contributed by atoms with Crippen LogP contribution in [0, 0.1) is 5.92 Å². The molecule has 3 heterocycles. The second kappa shape index (κ2) is 10.1. The zero-order valence-electron chi connectivity index (χ0n) is 18.8. The van der Waals surface area contributed by atoms with E-state index >= 15 is 0 Å². The number of ether oxygens (including phenoxy) is 2. The highest BCUT2D eigenvalue weighted by Crippen LogP contribution is 2.26. The molecule has 1 amide bonds. The lowest BCUT2D eigenvalue weighted by molar-refractivity contribution is -0.199. The van der Waals surface area contributed by atoms with Crippen molar-refractivity contribution in [1.29, 1.82) is 0 Å². The first-order valence-electron chi connectivity index (χ1n) is 11.2. The summed E-state index contributed by atoms with van der Waals surface area (Å²) in [6.07, 6.45) is -5.31. The molecule has 0 bridgehead atoms. The number of rotatable bonds is 6. The highest BCUT2D eigenvalue weighted by atomic mass is 19.4. The van der Waals surface area contributed by atoms with Crippen molar-refractivity contribution < 1.29 is 31.9 Å². The Hall–Kier alpha value is -3.01. The number of piperidine rings is 1. The average Bonchev–Trinajstić information content (AvgIpc) is 3.20. The molecule has 1 aromatic carbocycles. The fourth-order valence-electron chi connectivity index (χ4n) is 4.15. The monoisotopic (exact) mass is 480 g/mol. The minimum atomic E-state index is -4.59. The summed E-state index contributed by atoms with van der Waals surface area (Å²) >= 11 is 0. The van der Waals surface area contributed by atoms with Crippen LogP contribution in [0.2, 0.25) is 0 Å². The van der Waals surface area contributed by atoms with Gasteiger partial charge in [0.2, 0.25) is 11.2 Å². The summed E-state index contributed by atoms with van der Waals surface area (Å²) in [5.41, 5.74) is 2.29. The lowest BCUT2D eigenvalue weighted by Crippen LogP contribution is -2.43.